The number of nitrogens with zero attached hydrogens (tertiary/aromatic N) is 2. The summed E-state index contributed by atoms with van der Waals surface area (Å²) in [5, 5.41) is 3.56. The molecule has 0 spiro atoms. The van der Waals surface area contributed by atoms with Crippen LogP contribution in [0.4, 0.5) is 0 Å². The quantitative estimate of drug-likeness (QED) is 0.753. The highest BCUT2D eigenvalue weighted by Crippen LogP contribution is 2.23. The van der Waals surface area contributed by atoms with Crippen molar-refractivity contribution in [2.24, 2.45) is 5.92 Å². The first-order valence-corrected chi connectivity index (χ1v) is 6.26. The first-order valence-electron chi connectivity index (χ1n) is 6.26. The molecule has 1 aromatic rings. The van der Waals surface area contributed by atoms with Gasteiger partial charge in [0.05, 0.1) is 0 Å². The normalized spacial score (nSPS) is 14.5. The van der Waals surface area contributed by atoms with Crippen molar-refractivity contribution in [3.8, 4) is 0 Å². The molecular formula is C13H23N3O. The molecule has 2 unspecified atom stereocenters. The second-order valence-electron chi connectivity index (χ2n) is 4.36. The second-order valence-corrected chi connectivity index (χ2v) is 4.36. The van der Waals surface area contributed by atoms with Gasteiger partial charge < -0.3 is 10.1 Å². The molecule has 0 amide bonds. The zero-order chi connectivity index (χ0) is 12.5. The fraction of sp³-hybridized carbons (Fsp3) is 0.692. The maximum Gasteiger partial charge on any atom is 0.115 e. The highest BCUT2D eigenvalue weighted by Gasteiger charge is 2.18. The number of methoxy groups -OCH3 is 1. The van der Waals surface area contributed by atoms with E-state index in [1.165, 1.54) is 0 Å². The first kappa shape index (κ1) is 14.1. The van der Waals surface area contributed by atoms with E-state index in [0.717, 1.165) is 31.6 Å². The van der Waals surface area contributed by atoms with E-state index in [0.29, 0.717) is 12.0 Å². The Balaban J connectivity index is 2.66. The standard InChI is InChI=1S/C13H23N3O/c1-4-6-16-13(11(2)5-7-17-3)12-8-14-10-15-9-12/h8-11,13,16H,4-7H2,1-3H3. The van der Waals surface area contributed by atoms with Gasteiger partial charge >= 0.3 is 0 Å². The van der Waals surface area contributed by atoms with Crippen LogP contribution in [0.5, 0.6) is 0 Å². The molecule has 0 aliphatic heterocycles. The lowest BCUT2D eigenvalue weighted by Crippen LogP contribution is -2.28. The van der Waals surface area contributed by atoms with E-state index < -0.39 is 0 Å². The average Bonchev–Trinajstić information content (AvgIpc) is 2.38. The van der Waals surface area contributed by atoms with E-state index in [-0.39, 0.29) is 0 Å². The molecule has 4 heteroatoms. The lowest BCUT2D eigenvalue weighted by molar-refractivity contribution is 0.170. The molecule has 0 aliphatic carbocycles. The van der Waals surface area contributed by atoms with Crippen LogP contribution in [0.15, 0.2) is 18.7 Å². The molecule has 0 aromatic carbocycles. The predicted octanol–water partition coefficient (Wildman–Crippen LogP) is 2.19. The fourth-order valence-electron chi connectivity index (χ4n) is 1.89. The largest absolute Gasteiger partial charge is 0.385 e. The van der Waals surface area contributed by atoms with E-state index in [2.05, 4.69) is 29.1 Å². The van der Waals surface area contributed by atoms with Gasteiger partial charge in [0.15, 0.2) is 0 Å². The Labute approximate surface area is 104 Å². The number of hydrogen-bond donors (Lipinski definition) is 1. The highest BCUT2D eigenvalue weighted by molar-refractivity contribution is 5.10. The molecule has 1 aromatic heterocycles. The van der Waals surface area contributed by atoms with Gasteiger partial charge in [-0.3, -0.25) is 0 Å². The van der Waals surface area contributed by atoms with E-state index in [4.69, 9.17) is 4.74 Å². The van der Waals surface area contributed by atoms with Gasteiger partial charge in [-0.25, -0.2) is 9.97 Å². The summed E-state index contributed by atoms with van der Waals surface area (Å²) in [5.41, 5.74) is 1.16. The fourth-order valence-corrected chi connectivity index (χ4v) is 1.89. The van der Waals surface area contributed by atoms with Gasteiger partial charge in [-0.05, 0) is 25.3 Å². The van der Waals surface area contributed by atoms with Gasteiger partial charge in [-0.15, -0.1) is 0 Å². The summed E-state index contributed by atoms with van der Waals surface area (Å²) in [6, 6.07) is 0.311. The molecule has 2 atom stereocenters. The Hall–Kier alpha value is -1.00. The second kappa shape index (κ2) is 8.14. The minimum absolute atomic E-state index is 0.311. The lowest BCUT2D eigenvalue weighted by atomic mass is 9.93. The van der Waals surface area contributed by atoms with Gasteiger partial charge in [0.1, 0.15) is 6.33 Å². The van der Waals surface area contributed by atoms with Crippen LogP contribution in [0.2, 0.25) is 0 Å². The maximum atomic E-state index is 5.14. The minimum atomic E-state index is 0.311. The first-order chi connectivity index (χ1) is 8.29. The van der Waals surface area contributed by atoms with Crippen LogP contribution in [0.1, 0.15) is 38.3 Å². The number of rotatable bonds is 8. The molecule has 0 saturated carbocycles. The molecule has 0 bridgehead atoms. The van der Waals surface area contributed by atoms with E-state index in [9.17, 15) is 0 Å². The summed E-state index contributed by atoms with van der Waals surface area (Å²) in [6.45, 7) is 6.21. The van der Waals surface area contributed by atoms with Crippen LogP contribution in [0.25, 0.3) is 0 Å². The topological polar surface area (TPSA) is 47.0 Å². The van der Waals surface area contributed by atoms with Gasteiger partial charge in [0, 0.05) is 37.7 Å². The monoisotopic (exact) mass is 237 g/mol. The van der Waals surface area contributed by atoms with E-state index in [1.54, 1.807) is 13.4 Å². The molecule has 0 saturated heterocycles. The number of aromatic nitrogens is 2. The van der Waals surface area contributed by atoms with Crippen LogP contribution in [-0.4, -0.2) is 30.2 Å². The number of hydrogen-bond acceptors (Lipinski definition) is 4. The summed E-state index contributed by atoms with van der Waals surface area (Å²) in [6.07, 6.45) is 7.52. The molecule has 0 fully saturated rings. The smallest absolute Gasteiger partial charge is 0.115 e. The number of ether oxygens (including phenoxy) is 1. The molecule has 1 heterocycles. The third-order valence-corrected chi connectivity index (χ3v) is 2.90. The summed E-state index contributed by atoms with van der Waals surface area (Å²) in [5.74, 6) is 0.507. The van der Waals surface area contributed by atoms with Crippen molar-refractivity contribution >= 4 is 0 Å². The van der Waals surface area contributed by atoms with Crippen molar-refractivity contribution < 1.29 is 4.74 Å². The molecule has 0 aliphatic rings. The maximum absolute atomic E-state index is 5.14. The summed E-state index contributed by atoms with van der Waals surface area (Å²) < 4.78 is 5.14. The van der Waals surface area contributed by atoms with E-state index >= 15 is 0 Å². The summed E-state index contributed by atoms with van der Waals surface area (Å²) in [4.78, 5) is 8.19. The van der Waals surface area contributed by atoms with Crippen molar-refractivity contribution in [3.05, 3.63) is 24.3 Å². The van der Waals surface area contributed by atoms with Gasteiger partial charge in [-0.2, -0.15) is 0 Å². The third kappa shape index (κ3) is 4.79. The Morgan fingerprint density at radius 3 is 2.65 bits per heavy atom. The molecule has 4 nitrogen and oxygen atoms in total. The van der Waals surface area contributed by atoms with Gasteiger partial charge in [0.25, 0.3) is 0 Å². The average molecular weight is 237 g/mol. The molecule has 17 heavy (non-hydrogen) atoms. The van der Waals surface area contributed by atoms with Gasteiger partial charge in [-0.1, -0.05) is 13.8 Å². The van der Waals surface area contributed by atoms with Crippen molar-refractivity contribution in [1.82, 2.24) is 15.3 Å². The third-order valence-electron chi connectivity index (χ3n) is 2.90. The molecular weight excluding hydrogens is 214 g/mol. The van der Waals surface area contributed by atoms with Crippen molar-refractivity contribution in [3.63, 3.8) is 0 Å². The SMILES string of the molecule is CCCNC(c1cncnc1)C(C)CCOC. The van der Waals surface area contributed by atoms with E-state index in [1.807, 2.05) is 12.4 Å². The Morgan fingerprint density at radius 2 is 2.06 bits per heavy atom. The minimum Gasteiger partial charge on any atom is -0.385 e. The Kier molecular flexibility index (Phi) is 6.74. The van der Waals surface area contributed by atoms with Gasteiger partial charge in [0.2, 0.25) is 0 Å². The van der Waals surface area contributed by atoms with Crippen molar-refractivity contribution in [1.29, 1.82) is 0 Å². The summed E-state index contributed by atoms with van der Waals surface area (Å²) >= 11 is 0. The van der Waals surface area contributed by atoms with Crippen LogP contribution in [0.3, 0.4) is 0 Å². The molecule has 1 rings (SSSR count). The molecule has 1 N–H and O–H groups in total. The lowest BCUT2D eigenvalue weighted by Gasteiger charge is -2.25. The number of nitrogens with one attached hydrogen (secondary N) is 1. The molecule has 0 radical (unpaired) electrons. The Bertz CT molecular complexity index is 292. The van der Waals surface area contributed by atoms with Crippen LogP contribution in [0, 0.1) is 5.92 Å². The zero-order valence-corrected chi connectivity index (χ0v) is 11.0. The molecule has 96 valence electrons. The van der Waals surface area contributed by atoms with Crippen LogP contribution in [-0.2, 0) is 4.74 Å². The van der Waals surface area contributed by atoms with Crippen LogP contribution < -0.4 is 5.32 Å². The predicted molar refractivity (Wildman–Crippen MR) is 68.7 cm³/mol. The zero-order valence-electron chi connectivity index (χ0n) is 11.0. The Morgan fingerprint density at radius 1 is 1.35 bits per heavy atom. The van der Waals surface area contributed by atoms with Crippen LogP contribution >= 0.6 is 0 Å². The van der Waals surface area contributed by atoms with Crippen molar-refractivity contribution in [2.75, 3.05) is 20.3 Å². The highest BCUT2D eigenvalue weighted by atomic mass is 16.5. The summed E-state index contributed by atoms with van der Waals surface area (Å²) in [7, 11) is 1.74. The van der Waals surface area contributed by atoms with Crippen molar-refractivity contribution in [2.45, 2.75) is 32.7 Å².